The minimum absolute atomic E-state index is 0.287. The summed E-state index contributed by atoms with van der Waals surface area (Å²) >= 11 is 0. The molecule has 4 heteroatoms. The molecule has 0 radical (unpaired) electrons. The van der Waals surface area contributed by atoms with Gasteiger partial charge in [-0.15, -0.1) is 0 Å². The van der Waals surface area contributed by atoms with Crippen molar-refractivity contribution < 1.29 is 0 Å². The zero-order valence-corrected chi connectivity index (χ0v) is 7.73. The Morgan fingerprint density at radius 1 is 1.46 bits per heavy atom. The number of nitrogen functional groups attached to an aromatic ring is 1. The number of aromatic nitrogens is 3. The molecule has 13 heavy (non-hydrogen) atoms. The van der Waals surface area contributed by atoms with Crippen LogP contribution in [0.15, 0.2) is 18.3 Å². The third-order valence-corrected chi connectivity index (χ3v) is 1.98. The number of rotatable bonds is 1. The van der Waals surface area contributed by atoms with Gasteiger partial charge in [0.05, 0.1) is 5.39 Å². The van der Waals surface area contributed by atoms with E-state index in [9.17, 15) is 0 Å². The van der Waals surface area contributed by atoms with E-state index in [0.29, 0.717) is 5.82 Å². The van der Waals surface area contributed by atoms with Crippen LogP contribution >= 0.6 is 0 Å². The fraction of sp³-hybridized carbons (Fsp3) is 0.333. The molecule has 68 valence electrons. The van der Waals surface area contributed by atoms with Crippen molar-refractivity contribution in [2.24, 2.45) is 0 Å². The van der Waals surface area contributed by atoms with E-state index >= 15 is 0 Å². The fourth-order valence-corrected chi connectivity index (χ4v) is 1.36. The molecule has 0 spiro atoms. The molecule has 4 nitrogen and oxygen atoms in total. The first-order valence-electron chi connectivity index (χ1n) is 4.29. The Hall–Kier alpha value is -1.58. The molecule has 0 aromatic carbocycles. The van der Waals surface area contributed by atoms with Crippen molar-refractivity contribution in [2.45, 2.75) is 19.9 Å². The summed E-state index contributed by atoms with van der Waals surface area (Å²) in [7, 11) is 0. The van der Waals surface area contributed by atoms with E-state index in [-0.39, 0.29) is 6.04 Å². The van der Waals surface area contributed by atoms with E-state index in [2.05, 4.69) is 23.9 Å². The number of fused-ring (bicyclic) bond motifs is 1. The Morgan fingerprint density at radius 2 is 2.23 bits per heavy atom. The highest BCUT2D eigenvalue weighted by molar-refractivity contribution is 5.86. The quantitative estimate of drug-likeness (QED) is 0.717. The topological polar surface area (TPSA) is 56.7 Å². The molecule has 2 aromatic rings. The molecule has 0 atom stereocenters. The van der Waals surface area contributed by atoms with Crippen LogP contribution in [0.4, 0.5) is 5.82 Å². The van der Waals surface area contributed by atoms with Crippen LogP contribution in [0.2, 0.25) is 0 Å². The lowest BCUT2D eigenvalue weighted by Gasteiger charge is -2.04. The van der Waals surface area contributed by atoms with Gasteiger partial charge < -0.3 is 5.73 Å². The minimum atomic E-state index is 0.287. The third-order valence-electron chi connectivity index (χ3n) is 1.98. The molecule has 0 fully saturated rings. The summed E-state index contributed by atoms with van der Waals surface area (Å²) in [5, 5.41) is 5.15. The molecule has 0 saturated carbocycles. The smallest absolute Gasteiger partial charge is 0.160 e. The monoisotopic (exact) mass is 176 g/mol. The van der Waals surface area contributed by atoms with E-state index in [1.54, 1.807) is 6.20 Å². The van der Waals surface area contributed by atoms with Crippen molar-refractivity contribution in [2.75, 3.05) is 5.73 Å². The maximum absolute atomic E-state index is 5.74. The lowest BCUT2D eigenvalue weighted by atomic mass is 10.3. The zero-order chi connectivity index (χ0) is 9.42. The summed E-state index contributed by atoms with van der Waals surface area (Å²) in [6.45, 7) is 4.11. The van der Waals surface area contributed by atoms with Gasteiger partial charge >= 0.3 is 0 Å². The largest absolute Gasteiger partial charge is 0.382 e. The highest BCUT2D eigenvalue weighted by Gasteiger charge is 2.09. The number of nitrogens with two attached hydrogens (primary N) is 1. The van der Waals surface area contributed by atoms with Crippen LogP contribution in [0.1, 0.15) is 19.9 Å². The number of pyridine rings is 1. The standard InChI is InChI=1S/C9H12N4/c1-6(2)13-9-7(8(10)12-13)4-3-5-11-9/h3-6H,1-2H3,(H2,10,12). The lowest BCUT2D eigenvalue weighted by molar-refractivity contribution is 0.548. The fourth-order valence-electron chi connectivity index (χ4n) is 1.36. The van der Waals surface area contributed by atoms with Gasteiger partial charge in [-0.05, 0) is 26.0 Å². The van der Waals surface area contributed by atoms with E-state index < -0.39 is 0 Å². The minimum Gasteiger partial charge on any atom is -0.382 e. The summed E-state index contributed by atoms with van der Waals surface area (Å²) in [6.07, 6.45) is 1.75. The van der Waals surface area contributed by atoms with Crippen LogP contribution in [0, 0.1) is 0 Å². The Kier molecular flexibility index (Phi) is 1.69. The molecular weight excluding hydrogens is 164 g/mol. The van der Waals surface area contributed by atoms with Gasteiger partial charge in [0.2, 0.25) is 0 Å². The predicted octanol–water partition coefficient (Wildman–Crippen LogP) is 1.59. The van der Waals surface area contributed by atoms with Crippen LogP contribution in [0.25, 0.3) is 11.0 Å². The molecule has 0 aliphatic heterocycles. The molecule has 0 aliphatic carbocycles. The molecule has 0 aliphatic rings. The second-order valence-electron chi connectivity index (χ2n) is 3.30. The molecule has 2 rings (SSSR count). The van der Waals surface area contributed by atoms with Gasteiger partial charge in [-0.25, -0.2) is 9.67 Å². The lowest BCUT2D eigenvalue weighted by Crippen LogP contribution is -2.03. The van der Waals surface area contributed by atoms with Crippen molar-refractivity contribution in [3.8, 4) is 0 Å². The summed E-state index contributed by atoms with van der Waals surface area (Å²) in [6, 6.07) is 4.09. The molecular formula is C9H12N4. The number of anilines is 1. The highest BCUT2D eigenvalue weighted by atomic mass is 15.3. The molecule has 0 bridgehead atoms. The Labute approximate surface area is 76.4 Å². The van der Waals surface area contributed by atoms with Gasteiger partial charge in [0.15, 0.2) is 11.5 Å². The van der Waals surface area contributed by atoms with Crippen LogP contribution in [0.3, 0.4) is 0 Å². The third kappa shape index (κ3) is 1.14. The first-order chi connectivity index (χ1) is 6.20. The normalized spacial score (nSPS) is 11.3. The molecule has 0 amide bonds. The molecule has 0 saturated heterocycles. The molecule has 2 N–H and O–H groups in total. The van der Waals surface area contributed by atoms with E-state index in [1.165, 1.54) is 0 Å². The summed E-state index contributed by atoms with van der Waals surface area (Å²) in [5.74, 6) is 0.553. The van der Waals surface area contributed by atoms with Gasteiger partial charge in [-0.3, -0.25) is 0 Å². The maximum Gasteiger partial charge on any atom is 0.160 e. The number of nitrogens with zero attached hydrogens (tertiary/aromatic N) is 3. The summed E-state index contributed by atoms with van der Waals surface area (Å²) in [5.41, 5.74) is 6.60. The van der Waals surface area contributed by atoms with Crippen molar-refractivity contribution in [3.05, 3.63) is 18.3 Å². The summed E-state index contributed by atoms with van der Waals surface area (Å²) in [4.78, 5) is 4.24. The summed E-state index contributed by atoms with van der Waals surface area (Å²) < 4.78 is 1.84. The number of hydrogen-bond donors (Lipinski definition) is 1. The Bertz CT molecular complexity index is 430. The van der Waals surface area contributed by atoms with Crippen LogP contribution in [-0.4, -0.2) is 14.8 Å². The van der Waals surface area contributed by atoms with Gasteiger partial charge in [-0.2, -0.15) is 5.10 Å². The van der Waals surface area contributed by atoms with E-state index in [4.69, 9.17) is 5.73 Å². The highest BCUT2D eigenvalue weighted by Crippen LogP contribution is 2.20. The molecule has 2 heterocycles. The average molecular weight is 176 g/mol. The Balaban J connectivity index is 2.78. The maximum atomic E-state index is 5.74. The predicted molar refractivity (Wildman–Crippen MR) is 52.3 cm³/mol. The van der Waals surface area contributed by atoms with E-state index in [1.807, 2.05) is 16.8 Å². The molecule has 0 unspecified atom stereocenters. The van der Waals surface area contributed by atoms with Crippen LogP contribution < -0.4 is 5.73 Å². The zero-order valence-electron chi connectivity index (χ0n) is 7.73. The second kappa shape index (κ2) is 2.73. The van der Waals surface area contributed by atoms with Crippen molar-refractivity contribution in [3.63, 3.8) is 0 Å². The van der Waals surface area contributed by atoms with Crippen molar-refractivity contribution in [1.82, 2.24) is 14.8 Å². The SMILES string of the molecule is CC(C)n1nc(N)c2cccnc21. The van der Waals surface area contributed by atoms with Crippen molar-refractivity contribution >= 4 is 16.9 Å². The number of hydrogen-bond acceptors (Lipinski definition) is 3. The van der Waals surface area contributed by atoms with E-state index in [0.717, 1.165) is 11.0 Å². The van der Waals surface area contributed by atoms with Gasteiger partial charge in [-0.1, -0.05) is 0 Å². The Morgan fingerprint density at radius 3 is 2.92 bits per heavy atom. The van der Waals surface area contributed by atoms with Gasteiger partial charge in [0, 0.05) is 12.2 Å². The first-order valence-corrected chi connectivity index (χ1v) is 4.29. The van der Waals surface area contributed by atoms with Crippen molar-refractivity contribution in [1.29, 1.82) is 0 Å². The van der Waals surface area contributed by atoms with Crippen LogP contribution in [-0.2, 0) is 0 Å². The van der Waals surface area contributed by atoms with Gasteiger partial charge in [0.25, 0.3) is 0 Å². The van der Waals surface area contributed by atoms with Crippen LogP contribution in [0.5, 0.6) is 0 Å². The second-order valence-corrected chi connectivity index (χ2v) is 3.30. The molecule has 2 aromatic heterocycles. The average Bonchev–Trinajstić information content (AvgIpc) is 2.45. The first kappa shape index (κ1) is 8.04. The van der Waals surface area contributed by atoms with Gasteiger partial charge in [0.1, 0.15) is 0 Å².